The molecule has 0 aliphatic heterocycles. The smallest absolute Gasteiger partial charge is 0.0897 e. The van der Waals surface area contributed by atoms with Crippen LogP contribution in [0.2, 0.25) is 0 Å². The minimum Gasteiger partial charge on any atom is -0.389 e. The van der Waals surface area contributed by atoms with Crippen molar-refractivity contribution < 1.29 is 9.84 Å². The van der Waals surface area contributed by atoms with Gasteiger partial charge in [0.1, 0.15) is 0 Å². The number of nitrogens with two attached hydrogens (primary N) is 1. The molecule has 0 aromatic rings. The van der Waals surface area contributed by atoms with E-state index in [-0.39, 0.29) is 0 Å². The minimum atomic E-state index is -0.429. The Kier molecular flexibility index (Phi) is 20.8. The summed E-state index contributed by atoms with van der Waals surface area (Å²) >= 11 is 0. The third-order valence-corrected chi connectivity index (χ3v) is 4.34. The Hall–Kier alpha value is -0.280. The first kappa shape index (κ1) is 25.7. The summed E-state index contributed by atoms with van der Waals surface area (Å²) in [5.41, 5.74) is 5.40. The fourth-order valence-corrected chi connectivity index (χ4v) is 2.60. The van der Waals surface area contributed by atoms with Crippen LogP contribution in [-0.4, -0.2) is 83.3 Å². The Morgan fingerprint density at radius 2 is 1.42 bits per heavy atom. The lowest BCUT2D eigenvalue weighted by Gasteiger charge is -2.17. The van der Waals surface area contributed by atoms with E-state index in [2.05, 4.69) is 35.1 Å². The van der Waals surface area contributed by atoms with Gasteiger partial charge in [0, 0.05) is 65.5 Å². The molecule has 0 aromatic heterocycles. The molecule has 7 heteroatoms. The van der Waals surface area contributed by atoms with E-state index in [0.29, 0.717) is 25.6 Å². The van der Waals surface area contributed by atoms with E-state index < -0.39 is 6.10 Å². The van der Waals surface area contributed by atoms with E-state index in [1.165, 1.54) is 19.3 Å². The molecule has 0 saturated carbocycles. The molecule has 0 aliphatic carbocycles. The number of hydrogen-bond donors (Lipinski definition) is 6. The predicted octanol–water partition coefficient (Wildman–Crippen LogP) is -0.103. The van der Waals surface area contributed by atoms with Gasteiger partial charge in [-0.1, -0.05) is 33.1 Å². The molecule has 0 bridgehead atoms. The Morgan fingerprint density at radius 1 is 0.846 bits per heavy atom. The molecule has 0 spiro atoms. The van der Waals surface area contributed by atoms with Crippen LogP contribution in [-0.2, 0) is 4.74 Å². The number of aliphatic hydroxyl groups excluding tert-OH is 1. The van der Waals surface area contributed by atoms with Crippen LogP contribution in [0, 0.1) is 5.92 Å². The average Bonchev–Trinajstić information content (AvgIpc) is 2.65. The second-order valence-corrected chi connectivity index (χ2v) is 6.85. The average molecular weight is 376 g/mol. The summed E-state index contributed by atoms with van der Waals surface area (Å²) in [5.74, 6) is 0.629. The molecule has 2 atom stereocenters. The largest absolute Gasteiger partial charge is 0.389 e. The maximum Gasteiger partial charge on any atom is 0.0897 e. The van der Waals surface area contributed by atoms with Gasteiger partial charge < -0.3 is 36.8 Å². The van der Waals surface area contributed by atoms with Crippen molar-refractivity contribution >= 4 is 0 Å². The van der Waals surface area contributed by atoms with Crippen LogP contribution in [0.5, 0.6) is 0 Å². The molecular weight excluding hydrogens is 330 g/mol. The van der Waals surface area contributed by atoms with Crippen LogP contribution in [0.1, 0.15) is 39.5 Å². The maximum atomic E-state index is 9.94. The topological polar surface area (TPSA) is 104 Å². The Morgan fingerprint density at radius 3 is 1.96 bits per heavy atom. The Balaban J connectivity index is 3.29. The zero-order valence-corrected chi connectivity index (χ0v) is 17.2. The number of hydrogen-bond acceptors (Lipinski definition) is 7. The van der Waals surface area contributed by atoms with Crippen molar-refractivity contribution in [2.24, 2.45) is 11.7 Å². The number of unbranched alkanes of at least 4 members (excludes halogenated alkanes) is 1. The molecule has 158 valence electrons. The highest BCUT2D eigenvalue weighted by Gasteiger charge is 2.08. The molecule has 0 rings (SSSR count). The van der Waals surface area contributed by atoms with Gasteiger partial charge in [-0.3, -0.25) is 0 Å². The third kappa shape index (κ3) is 18.5. The van der Waals surface area contributed by atoms with Crippen molar-refractivity contribution in [3.05, 3.63) is 0 Å². The molecule has 0 saturated heterocycles. The van der Waals surface area contributed by atoms with Crippen molar-refractivity contribution in [1.29, 1.82) is 0 Å². The van der Waals surface area contributed by atoms with E-state index in [9.17, 15) is 5.11 Å². The van der Waals surface area contributed by atoms with Gasteiger partial charge in [-0.2, -0.15) is 0 Å². The summed E-state index contributed by atoms with van der Waals surface area (Å²) in [6.07, 6.45) is 4.45. The van der Waals surface area contributed by atoms with Crippen molar-refractivity contribution in [1.82, 2.24) is 21.3 Å². The molecule has 0 fully saturated rings. The fourth-order valence-electron chi connectivity index (χ4n) is 2.60. The molecule has 0 aromatic carbocycles. The first-order valence-corrected chi connectivity index (χ1v) is 10.5. The summed E-state index contributed by atoms with van der Waals surface area (Å²) < 4.78 is 5.68. The van der Waals surface area contributed by atoms with Crippen LogP contribution in [0.25, 0.3) is 0 Å². The van der Waals surface area contributed by atoms with E-state index in [1.54, 1.807) is 0 Å². The van der Waals surface area contributed by atoms with Crippen LogP contribution < -0.4 is 27.0 Å². The lowest BCUT2D eigenvalue weighted by atomic mass is 10.0. The van der Waals surface area contributed by atoms with Crippen LogP contribution >= 0.6 is 0 Å². The Bertz CT molecular complexity index is 272. The molecule has 0 amide bonds. The first-order chi connectivity index (χ1) is 12.7. The summed E-state index contributed by atoms with van der Waals surface area (Å²) in [4.78, 5) is 0. The van der Waals surface area contributed by atoms with Gasteiger partial charge in [0.15, 0.2) is 0 Å². The second kappa shape index (κ2) is 21.0. The van der Waals surface area contributed by atoms with E-state index >= 15 is 0 Å². The molecule has 0 heterocycles. The van der Waals surface area contributed by atoms with Gasteiger partial charge >= 0.3 is 0 Å². The van der Waals surface area contributed by atoms with Gasteiger partial charge in [-0.25, -0.2) is 0 Å². The van der Waals surface area contributed by atoms with Crippen molar-refractivity contribution in [2.75, 3.05) is 72.1 Å². The highest BCUT2D eigenvalue weighted by Crippen LogP contribution is 2.12. The van der Waals surface area contributed by atoms with Crippen LogP contribution in [0.4, 0.5) is 0 Å². The second-order valence-electron chi connectivity index (χ2n) is 6.85. The lowest BCUT2D eigenvalue weighted by molar-refractivity contribution is 0.0195. The normalized spacial score (nSPS) is 13.8. The van der Waals surface area contributed by atoms with Crippen molar-refractivity contribution in [3.63, 3.8) is 0 Å². The van der Waals surface area contributed by atoms with Crippen LogP contribution in [0.3, 0.4) is 0 Å². The third-order valence-electron chi connectivity index (χ3n) is 4.34. The summed E-state index contributed by atoms with van der Waals surface area (Å²) in [5, 5.41) is 23.2. The van der Waals surface area contributed by atoms with Gasteiger partial charge in [0.25, 0.3) is 0 Å². The summed E-state index contributed by atoms with van der Waals surface area (Å²) in [7, 11) is 0. The van der Waals surface area contributed by atoms with Crippen molar-refractivity contribution in [3.8, 4) is 0 Å². The van der Waals surface area contributed by atoms with Crippen LogP contribution in [0.15, 0.2) is 0 Å². The van der Waals surface area contributed by atoms with E-state index in [0.717, 1.165) is 58.8 Å². The fraction of sp³-hybridized carbons (Fsp3) is 1.00. The molecule has 26 heavy (non-hydrogen) atoms. The molecular formula is C19H45N5O2. The number of aliphatic hydroxyl groups is 1. The van der Waals surface area contributed by atoms with E-state index in [1.807, 2.05) is 0 Å². The highest BCUT2D eigenvalue weighted by atomic mass is 16.5. The molecule has 7 nitrogen and oxygen atoms in total. The summed E-state index contributed by atoms with van der Waals surface area (Å²) in [6, 6.07) is 0. The number of rotatable bonds is 21. The zero-order valence-electron chi connectivity index (χ0n) is 17.2. The quantitative estimate of drug-likeness (QED) is 0.156. The maximum absolute atomic E-state index is 9.94. The van der Waals surface area contributed by atoms with Gasteiger partial charge in [-0.15, -0.1) is 0 Å². The molecule has 0 radical (unpaired) electrons. The van der Waals surface area contributed by atoms with Gasteiger partial charge in [0.05, 0.1) is 12.7 Å². The Labute approximate surface area is 161 Å². The monoisotopic (exact) mass is 375 g/mol. The van der Waals surface area contributed by atoms with Gasteiger partial charge in [-0.05, 0) is 12.3 Å². The predicted molar refractivity (Wildman–Crippen MR) is 111 cm³/mol. The summed E-state index contributed by atoms with van der Waals surface area (Å²) in [6.45, 7) is 13.3. The molecule has 0 aliphatic rings. The zero-order chi connectivity index (χ0) is 19.3. The molecule has 7 N–H and O–H groups in total. The number of nitrogens with one attached hydrogen (secondary N) is 4. The standard InChI is InChI=1S/C19H45N5O2/c1-3-5-6-18(4-2)16-26-17-19(25)15-24-14-13-23-12-11-22-10-9-21-8-7-20/h18-19,21-25H,3-17,20H2,1-2H3. The van der Waals surface area contributed by atoms with Crippen molar-refractivity contribution in [2.45, 2.75) is 45.6 Å². The van der Waals surface area contributed by atoms with E-state index in [4.69, 9.17) is 10.5 Å². The first-order valence-electron chi connectivity index (χ1n) is 10.5. The number of ether oxygens (including phenoxy) is 1. The minimum absolute atomic E-state index is 0.422. The molecule has 2 unspecified atom stereocenters. The highest BCUT2D eigenvalue weighted by molar-refractivity contribution is 4.62. The SMILES string of the molecule is CCCCC(CC)COCC(O)CNCCNCCNCCNCCN. The lowest BCUT2D eigenvalue weighted by Crippen LogP contribution is -2.38. The van der Waals surface area contributed by atoms with Gasteiger partial charge in [0.2, 0.25) is 0 Å².